The zero-order valence-electron chi connectivity index (χ0n) is 11.1. The van der Waals surface area contributed by atoms with Gasteiger partial charge in [0.2, 0.25) is 11.8 Å². The quantitative estimate of drug-likeness (QED) is 0.807. The van der Waals surface area contributed by atoms with Gasteiger partial charge in [-0.15, -0.1) is 0 Å². The number of carbonyl (C=O) groups excluding carboxylic acids is 2. The number of aryl methyl sites for hydroxylation is 1. The number of hydrogen-bond donors (Lipinski definition) is 2. The highest BCUT2D eigenvalue weighted by Crippen LogP contribution is 2.18. The van der Waals surface area contributed by atoms with Crippen molar-refractivity contribution in [3.63, 3.8) is 0 Å². The molecule has 1 aromatic rings. The number of nitrogens with two attached hydrogens (primary N) is 1. The Balaban J connectivity index is 1.87. The van der Waals surface area contributed by atoms with E-state index in [1.54, 1.807) is 17.0 Å². The van der Waals surface area contributed by atoms with Crippen LogP contribution in [0.15, 0.2) is 18.2 Å². The fourth-order valence-corrected chi connectivity index (χ4v) is 2.16. The lowest BCUT2D eigenvalue weighted by atomic mass is 10.2. The molecule has 0 aliphatic carbocycles. The number of nitrogens with zero attached hydrogens (tertiary/aromatic N) is 1. The minimum Gasteiger partial charge on any atom is -0.399 e. The van der Waals surface area contributed by atoms with Crippen LogP contribution in [0.4, 0.5) is 11.4 Å². The number of benzene rings is 1. The van der Waals surface area contributed by atoms with Crippen LogP contribution in [0.3, 0.4) is 0 Å². The lowest BCUT2D eigenvalue weighted by Gasteiger charge is -2.15. The van der Waals surface area contributed by atoms with Crippen LogP contribution in [-0.4, -0.2) is 29.8 Å². The summed E-state index contributed by atoms with van der Waals surface area (Å²) in [7, 11) is 0. The Hall–Kier alpha value is -2.04. The number of rotatable bonds is 4. The lowest BCUT2D eigenvalue weighted by molar-refractivity contribution is -0.128. The van der Waals surface area contributed by atoms with Gasteiger partial charge in [-0.1, -0.05) is 6.07 Å². The molecule has 5 nitrogen and oxygen atoms in total. The molecule has 0 aromatic heterocycles. The molecule has 19 heavy (non-hydrogen) atoms. The second-order valence-electron chi connectivity index (χ2n) is 4.86. The van der Waals surface area contributed by atoms with E-state index in [0.717, 1.165) is 24.2 Å². The van der Waals surface area contributed by atoms with E-state index < -0.39 is 0 Å². The normalized spacial score (nSPS) is 14.8. The predicted molar refractivity (Wildman–Crippen MR) is 74.7 cm³/mol. The fourth-order valence-electron chi connectivity index (χ4n) is 2.16. The SMILES string of the molecule is Cc1ccc(N)cc1NC(=O)CCN1CCCC1=O. The molecule has 0 unspecified atom stereocenters. The van der Waals surface area contributed by atoms with Gasteiger partial charge in [0.15, 0.2) is 0 Å². The van der Waals surface area contributed by atoms with Crippen LogP contribution in [0.25, 0.3) is 0 Å². The summed E-state index contributed by atoms with van der Waals surface area (Å²) < 4.78 is 0. The Morgan fingerprint density at radius 1 is 1.47 bits per heavy atom. The Labute approximate surface area is 112 Å². The van der Waals surface area contributed by atoms with Crippen LogP contribution < -0.4 is 11.1 Å². The van der Waals surface area contributed by atoms with E-state index in [1.165, 1.54) is 0 Å². The highest BCUT2D eigenvalue weighted by Gasteiger charge is 2.20. The van der Waals surface area contributed by atoms with Crippen LogP contribution in [0.1, 0.15) is 24.8 Å². The van der Waals surface area contributed by atoms with E-state index in [0.29, 0.717) is 25.1 Å². The highest BCUT2D eigenvalue weighted by molar-refractivity contribution is 5.92. The molecule has 1 saturated heterocycles. The largest absolute Gasteiger partial charge is 0.399 e. The van der Waals surface area contributed by atoms with E-state index in [2.05, 4.69) is 5.32 Å². The zero-order chi connectivity index (χ0) is 13.8. The zero-order valence-corrected chi connectivity index (χ0v) is 11.1. The summed E-state index contributed by atoms with van der Waals surface area (Å²) in [5, 5.41) is 2.83. The van der Waals surface area contributed by atoms with Gasteiger partial charge in [0.25, 0.3) is 0 Å². The first-order chi connectivity index (χ1) is 9.06. The van der Waals surface area contributed by atoms with Gasteiger partial charge in [-0.2, -0.15) is 0 Å². The van der Waals surface area contributed by atoms with Gasteiger partial charge >= 0.3 is 0 Å². The molecule has 5 heteroatoms. The average molecular weight is 261 g/mol. The Morgan fingerprint density at radius 2 is 2.26 bits per heavy atom. The second-order valence-corrected chi connectivity index (χ2v) is 4.86. The maximum atomic E-state index is 11.8. The highest BCUT2D eigenvalue weighted by atomic mass is 16.2. The summed E-state index contributed by atoms with van der Waals surface area (Å²) in [6.45, 7) is 3.18. The van der Waals surface area contributed by atoms with E-state index in [-0.39, 0.29) is 11.8 Å². The maximum Gasteiger partial charge on any atom is 0.226 e. The number of amides is 2. The minimum absolute atomic E-state index is 0.0894. The van der Waals surface area contributed by atoms with Crippen molar-refractivity contribution >= 4 is 23.2 Å². The summed E-state index contributed by atoms with van der Waals surface area (Å²) in [5.74, 6) is 0.0568. The van der Waals surface area contributed by atoms with Crippen LogP contribution in [0.5, 0.6) is 0 Å². The molecule has 0 bridgehead atoms. The average Bonchev–Trinajstić information content (AvgIpc) is 2.77. The Morgan fingerprint density at radius 3 is 2.95 bits per heavy atom. The molecule has 1 fully saturated rings. The molecular formula is C14H19N3O2. The summed E-state index contributed by atoms with van der Waals surface area (Å²) >= 11 is 0. The van der Waals surface area contributed by atoms with Crippen molar-refractivity contribution in [1.29, 1.82) is 0 Å². The first kappa shape index (κ1) is 13.4. The van der Waals surface area contributed by atoms with Crippen molar-refractivity contribution in [3.8, 4) is 0 Å². The molecule has 102 valence electrons. The summed E-state index contributed by atoms with van der Waals surface area (Å²) in [5.41, 5.74) is 8.02. The number of anilines is 2. The van der Waals surface area contributed by atoms with Crippen molar-refractivity contribution in [1.82, 2.24) is 4.90 Å². The van der Waals surface area contributed by atoms with Gasteiger partial charge in [-0.05, 0) is 31.0 Å². The third kappa shape index (κ3) is 3.47. The Kier molecular flexibility index (Phi) is 4.04. The van der Waals surface area contributed by atoms with E-state index in [4.69, 9.17) is 5.73 Å². The monoisotopic (exact) mass is 261 g/mol. The van der Waals surface area contributed by atoms with Gasteiger partial charge in [0, 0.05) is 37.3 Å². The van der Waals surface area contributed by atoms with Crippen LogP contribution >= 0.6 is 0 Å². The topological polar surface area (TPSA) is 75.4 Å². The molecule has 0 spiro atoms. The van der Waals surface area contributed by atoms with Crippen molar-refractivity contribution in [3.05, 3.63) is 23.8 Å². The molecule has 0 atom stereocenters. The standard InChI is InChI=1S/C14H19N3O2/c1-10-4-5-11(15)9-12(10)16-13(18)6-8-17-7-2-3-14(17)19/h4-5,9H,2-3,6-8,15H2,1H3,(H,16,18). The van der Waals surface area contributed by atoms with Crippen LogP contribution in [-0.2, 0) is 9.59 Å². The molecule has 3 N–H and O–H groups in total. The van der Waals surface area contributed by atoms with Crippen molar-refractivity contribution in [2.24, 2.45) is 0 Å². The molecule has 1 aliphatic rings. The number of carbonyl (C=O) groups is 2. The van der Waals surface area contributed by atoms with Gasteiger partial charge in [-0.25, -0.2) is 0 Å². The number of nitrogens with one attached hydrogen (secondary N) is 1. The molecular weight excluding hydrogens is 242 g/mol. The summed E-state index contributed by atoms with van der Waals surface area (Å²) in [4.78, 5) is 25.0. The van der Waals surface area contributed by atoms with E-state index >= 15 is 0 Å². The van der Waals surface area contributed by atoms with Gasteiger partial charge in [0.1, 0.15) is 0 Å². The summed E-state index contributed by atoms with van der Waals surface area (Å²) in [6, 6.07) is 5.41. The van der Waals surface area contributed by atoms with E-state index in [1.807, 2.05) is 13.0 Å². The molecule has 1 aromatic carbocycles. The fraction of sp³-hybridized carbons (Fsp3) is 0.429. The predicted octanol–water partition coefficient (Wildman–Crippen LogP) is 1.53. The van der Waals surface area contributed by atoms with Crippen molar-refractivity contribution in [2.75, 3.05) is 24.1 Å². The molecule has 2 rings (SSSR count). The van der Waals surface area contributed by atoms with Crippen molar-refractivity contribution in [2.45, 2.75) is 26.2 Å². The molecule has 0 saturated carbocycles. The first-order valence-corrected chi connectivity index (χ1v) is 6.50. The summed E-state index contributed by atoms with van der Waals surface area (Å²) in [6.07, 6.45) is 1.82. The van der Waals surface area contributed by atoms with Gasteiger partial charge < -0.3 is 16.0 Å². The van der Waals surface area contributed by atoms with Gasteiger partial charge in [-0.3, -0.25) is 9.59 Å². The molecule has 1 aliphatic heterocycles. The molecule has 2 amide bonds. The third-order valence-electron chi connectivity index (χ3n) is 3.32. The van der Waals surface area contributed by atoms with Crippen LogP contribution in [0.2, 0.25) is 0 Å². The number of likely N-dealkylation sites (tertiary alicyclic amines) is 1. The molecule has 0 radical (unpaired) electrons. The van der Waals surface area contributed by atoms with E-state index in [9.17, 15) is 9.59 Å². The maximum absolute atomic E-state index is 11.8. The first-order valence-electron chi connectivity index (χ1n) is 6.50. The minimum atomic E-state index is -0.0894. The van der Waals surface area contributed by atoms with Crippen molar-refractivity contribution < 1.29 is 9.59 Å². The lowest BCUT2D eigenvalue weighted by Crippen LogP contribution is -2.28. The smallest absolute Gasteiger partial charge is 0.226 e. The third-order valence-corrected chi connectivity index (χ3v) is 3.32. The number of nitrogen functional groups attached to an aromatic ring is 1. The Bertz CT molecular complexity index is 499. The second kappa shape index (κ2) is 5.73. The number of hydrogen-bond acceptors (Lipinski definition) is 3. The van der Waals surface area contributed by atoms with Gasteiger partial charge in [0.05, 0.1) is 0 Å². The van der Waals surface area contributed by atoms with Crippen LogP contribution in [0, 0.1) is 6.92 Å². The molecule has 1 heterocycles.